The zero-order valence-corrected chi connectivity index (χ0v) is 14.0. The van der Waals surface area contributed by atoms with Gasteiger partial charge in [0.25, 0.3) is 5.91 Å². The van der Waals surface area contributed by atoms with Gasteiger partial charge in [-0.15, -0.1) is 0 Å². The summed E-state index contributed by atoms with van der Waals surface area (Å²) in [5.74, 6) is -0.987. The Hall–Kier alpha value is -2.63. The number of methoxy groups -OCH3 is 1. The topological polar surface area (TPSA) is 73.2 Å². The lowest BCUT2D eigenvalue weighted by Gasteiger charge is -2.19. The molecule has 2 rings (SSSR count). The fourth-order valence-electron chi connectivity index (χ4n) is 2.23. The number of ether oxygens (including phenoxy) is 1. The van der Waals surface area contributed by atoms with Crippen LogP contribution in [0.3, 0.4) is 0 Å². The minimum Gasteiger partial charge on any atom is -0.465 e. The van der Waals surface area contributed by atoms with E-state index in [1.165, 1.54) is 7.11 Å². The average molecular weight is 315 g/mol. The number of esters is 1. The van der Waals surface area contributed by atoms with E-state index in [1.54, 1.807) is 11.6 Å². The largest absolute Gasteiger partial charge is 0.465 e. The van der Waals surface area contributed by atoms with Crippen molar-refractivity contribution in [3.05, 3.63) is 47.3 Å². The Balaban J connectivity index is 2.57. The maximum Gasteiger partial charge on any atom is 0.342 e. The average Bonchev–Trinajstić information content (AvgIpc) is 2.83. The van der Waals surface area contributed by atoms with Crippen LogP contribution in [-0.2, 0) is 4.74 Å². The zero-order valence-electron chi connectivity index (χ0n) is 14.0. The Morgan fingerprint density at radius 3 is 2.30 bits per heavy atom. The zero-order chi connectivity index (χ0) is 17.2. The second-order valence-electron chi connectivity index (χ2n) is 6.25. The molecule has 0 radical (unpaired) electrons. The van der Waals surface area contributed by atoms with Crippen molar-refractivity contribution in [3.63, 3.8) is 0 Å². The molecule has 0 spiro atoms. The molecule has 1 amide bonds. The first-order chi connectivity index (χ1) is 10.7. The molecule has 6 nitrogen and oxygen atoms in total. The van der Waals surface area contributed by atoms with Gasteiger partial charge in [0.2, 0.25) is 0 Å². The molecule has 0 unspecified atom stereocenters. The summed E-state index contributed by atoms with van der Waals surface area (Å²) in [6.07, 6.45) is 0. The van der Waals surface area contributed by atoms with Gasteiger partial charge in [-0.2, -0.15) is 5.10 Å². The Kier molecular flexibility index (Phi) is 4.54. The van der Waals surface area contributed by atoms with Crippen LogP contribution < -0.4 is 5.32 Å². The lowest BCUT2D eigenvalue weighted by atomic mass is 10.1. The quantitative estimate of drug-likeness (QED) is 0.883. The molecule has 0 bridgehead atoms. The van der Waals surface area contributed by atoms with Gasteiger partial charge in [0.05, 0.1) is 18.5 Å². The molecular formula is C17H21N3O3. The van der Waals surface area contributed by atoms with E-state index < -0.39 is 17.4 Å². The third-order valence-corrected chi connectivity index (χ3v) is 3.21. The molecule has 0 saturated heterocycles. The Bertz CT molecular complexity index is 728. The van der Waals surface area contributed by atoms with E-state index in [-0.39, 0.29) is 11.3 Å². The van der Waals surface area contributed by atoms with E-state index in [2.05, 4.69) is 10.4 Å². The fraction of sp³-hybridized carbons (Fsp3) is 0.353. The summed E-state index contributed by atoms with van der Waals surface area (Å²) < 4.78 is 6.39. The molecule has 0 aliphatic heterocycles. The molecule has 1 aromatic carbocycles. The number of nitrogens with zero attached hydrogens (tertiary/aromatic N) is 2. The minimum atomic E-state index is -0.580. The van der Waals surface area contributed by atoms with Crippen LogP contribution in [0.25, 0.3) is 5.69 Å². The molecule has 0 atom stereocenters. The van der Waals surface area contributed by atoms with Crippen LogP contribution in [0.1, 0.15) is 47.3 Å². The normalized spacial score (nSPS) is 11.2. The summed E-state index contributed by atoms with van der Waals surface area (Å²) in [6.45, 7) is 7.33. The first-order valence-electron chi connectivity index (χ1n) is 7.30. The number of carbonyl (C=O) groups is 2. The smallest absolute Gasteiger partial charge is 0.342 e. The molecule has 0 aliphatic rings. The highest BCUT2D eigenvalue weighted by Gasteiger charge is 2.28. The predicted octanol–water partition coefficient (Wildman–Crippen LogP) is 2.50. The second-order valence-corrected chi connectivity index (χ2v) is 6.25. The molecule has 1 heterocycles. The van der Waals surface area contributed by atoms with Gasteiger partial charge in [-0.3, -0.25) is 4.79 Å². The van der Waals surface area contributed by atoms with Gasteiger partial charge >= 0.3 is 5.97 Å². The van der Waals surface area contributed by atoms with Gasteiger partial charge in [0, 0.05) is 5.54 Å². The molecule has 0 fully saturated rings. The van der Waals surface area contributed by atoms with E-state index in [4.69, 9.17) is 4.74 Å². The SMILES string of the molecule is COC(=O)c1c(C(=O)NC(C)(C)C)nn(-c2ccccc2)c1C. The van der Waals surface area contributed by atoms with Crippen molar-refractivity contribution >= 4 is 11.9 Å². The fourth-order valence-corrected chi connectivity index (χ4v) is 2.23. The van der Waals surface area contributed by atoms with E-state index in [0.717, 1.165) is 5.69 Å². The van der Waals surface area contributed by atoms with E-state index >= 15 is 0 Å². The van der Waals surface area contributed by atoms with Gasteiger partial charge in [-0.1, -0.05) is 18.2 Å². The lowest BCUT2D eigenvalue weighted by molar-refractivity contribution is 0.0594. The third-order valence-electron chi connectivity index (χ3n) is 3.21. The van der Waals surface area contributed by atoms with Crippen molar-refractivity contribution in [3.8, 4) is 5.69 Å². The van der Waals surface area contributed by atoms with Crippen LogP contribution in [0.2, 0.25) is 0 Å². The van der Waals surface area contributed by atoms with Crippen LogP contribution in [0.5, 0.6) is 0 Å². The summed E-state index contributed by atoms with van der Waals surface area (Å²) in [7, 11) is 1.28. The van der Waals surface area contributed by atoms with Crippen molar-refractivity contribution < 1.29 is 14.3 Å². The summed E-state index contributed by atoms with van der Waals surface area (Å²) in [5.41, 5.74) is 1.13. The summed E-state index contributed by atoms with van der Waals surface area (Å²) in [4.78, 5) is 24.6. The summed E-state index contributed by atoms with van der Waals surface area (Å²) in [6, 6.07) is 9.32. The van der Waals surface area contributed by atoms with Crippen molar-refractivity contribution in [2.24, 2.45) is 0 Å². The molecule has 2 aromatic rings. The maximum atomic E-state index is 12.5. The van der Waals surface area contributed by atoms with Crippen LogP contribution in [0.15, 0.2) is 30.3 Å². The molecule has 0 aliphatic carbocycles. The van der Waals surface area contributed by atoms with Gasteiger partial charge in [-0.05, 0) is 39.8 Å². The molecule has 1 N–H and O–H groups in total. The monoisotopic (exact) mass is 315 g/mol. The van der Waals surface area contributed by atoms with Crippen LogP contribution in [0, 0.1) is 6.92 Å². The Morgan fingerprint density at radius 2 is 1.78 bits per heavy atom. The standard InChI is InChI=1S/C17H21N3O3/c1-11-13(16(22)23-5)14(15(21)18-17(2,3)4)19-20(11)12-9-7-6-8-10-12/h6-10H,1-5H3,(H,18,21). The van der Waals surface area contributed by atoms with E-state index in [0.29, 0.717) is 5.69 Å². The number of rotatable bonds is 3. The molecule has 0 saturated carbocycles. The number of carbonyl (C=O) groups excluding carboxylic acids is 2. The number of hydrogen-bond donors (Lipinski definition) is 1. The molecule has 23 heavy (non-hydrogen) atoms. The maximum absolute atomic E-state index is 12.5. The van der Waals surface area contributed by atoms with Crippen molar-refractivity contribution in [2.45, 2.75) is 33.2 Å². The number of amides is 1. The van der Waals surface area contributed by atoms with Crippen molar-refractivity contribution in [2.75, 3.05) is 7.11 Å². The number of nitrogens with one attached hydrogen (secondary N) is 1. The van der Waals surface area contributed by atoms with Crippen molar-refractivity contribution in [1.82, 2.24) is 15.1 Å². The first-order valence-corrected chi connectivity index (χ1v) is 7.30. The minimum absolute atomic E-state index is 0.0631. The lowest BCUT2D eigenvalue weighted by Crippen LogP contribution is -2.41. The third kappa shape index (κ3) is 3.59. The number of aromatic nitrogens is 2. The number of para-hydroxylation sites is 1. The Morgan fingerprint density at radius 1 is 1.17 bits per heavy atom. The molecule has 1 aromatic heterocycles. The number of benzene rings is 1. The molecule has 122 valence electrons. The summed E-state index contributed by atoms with van der Waals surface area (Å²) >= 11 is 0. The highest BCUT2D eigenvalue weighted by atomic mass is 16.5. The van der Waals surface area contributed by atoms with Gasteiger partial charge in [0.15, 0.2) is 5.69 Å². The highest BCUT2D eigenvalue weighted by molar-refractivity contribution is 6.05. The highest BCUT2D eigenvalue weighted by Crippen LogP contribution is 2.20. The second kappa shape index (κ2) is 6.24. The van der Waals surface area contributed by atoms with Gasteiger partial charge in [0.1, 0.15) is 5.56 Å². The van der Waals surface area contributed by atoms with Gasteiger partial charge in [-0.25, -0.2) is 9.48 Å². The van der Waals surface area contributed by atoms with Crippen molar-refractivity contribution in [1.29, 1.82) is 0 Å². The Labute approximate surface area is 135 Å². The first kappa shape index (κ1) is 16.7. The molecule has 6 heteroatoms. The van der Waals surface area contributed by atoms with Crippen LogP contribution in [-0.4, -0.2) is 34.3 Å². The van der Waals surface area contributed by atoms with Crippen LogP contribution >= 0.6 is 0 Å². The summed E-state index contributed by atoms with van der Waals surface area (Å²) in [5, 5.41) is 7.16. The van der Waals surface area contributed by atoms with Crippen LogP contribution in [0.4, 0.5) is 0 Å². The van der Waals surface area contributed by atoms with E-state index in [1.807, 2.05) is 51.1 Å². The van der Waals surface area contributed by atoms with Gasteiger partial charge < -0.3 is 10.1 Å². The van der Waals surface area contributed by atoms with E-state index in [9.17, 15) is 9.59 Å². The number of hydrogen-bond acceptors (Lipinski definition) is 4. The molecular weight excluding hydrogens is 294 g/mol. The predicted molar refractivity (Wildman–Crippen MR) is 86.9 cm³/mol.